The van der Waals surface area contributed by atoms with Crippen molar-refractivity contribution in [2.75, 3.05) is 26.2 Å². The maximum atomic E-state index is 12.0. The Bertz CT molecular complexity index is 261. The van der Waals surface area contributed by atoms with Crippen LogP contribution in [0.15, 0.2) is 0 Å². The van der Waals surface area contributed by atoms with Gasteiger partial charge in [-0.15, -0.1) is 13.2 Å². The predicted octanol–water partition coefficient (Wildman–Crippen LogP) is 2.62. The Labute approximate surface area is 113 Å². The molecule has 0 saturated carbocycles. The van der Waals surface area contributed by atoms with Gasteiger partial charge < -0.3 is 5.32 Å². The van der Waals surface area contributed by atoms with E-state index in [0.29, 0.717) is 24.5 Å². The molecule has 0 radical (unpaired) electrons. The molecule has 0 aromatic rings. The smallest absolute Gasteiger partial charge is 0.311 e. The van der Waals surface area contributed by atoms with E-state index in [1.807, 2.05) is 0 Å². The van der Waals surface area contributed by atoms with Crippen LogP contribution < -0.4 is 5.32 Å². The standard InChI is InChI=1S/C13H25F3N2O/c1-4-10(3)12-8-17-11(5-2)9-18(12)6-7-19-13(14,15)16/h10-12,17H,4-9H2,1-3H3. The van der Waals surface area contributed by atoms with E-state index >= 15 is 0 Å². The van der Waals surface area contributed by atoms with Crippen molar-refractivity contribution in [3.8, 4) is 0 Å². The number of hydrogen-bond acceptors (Lipinski definition) is 3. The van der Waals surface area contributed by atoms with Gasteiger partial charge in [-0.25, -0.2) is 0 Å². The summed E-state index contributed by atoms with van der Waals surface area (Å²) >= 11 is 0. The molecule has 1 heterocycles. The molecule has 0 aromatic heterocycles. The highest BCUT2D eigenvalue weighted by molar-refractivity contribution is 4.87. The summed E-state index contributed by atoms with van der Waals surface area (Å²) in [5, 5.41) is 3.47. The summed E-state index contributed by atoms with van der Waals surface area (Å²) in [6.07, 6.45) is -2.51. The minimum atomic E-state index is -4.52. The molecule has 3 nitrogen and oxygen atoms in total. The van der Waals surface area contributed by atoms with Gasteiger partial charge in [0.1, 0.15) is 0 Å². The van der Waals surface area contributed by atoms with E-state index in [0.717, 1.165) is 25.9 Å². The molecule has 1 aliphatic rings. The Hall–Kier alpha value is -0.330. The first-order valence-corrected chi connectivity index (χ1v) is 7.05. The molecule has 0 amide bonds. The number of halogens is 3. The molecule has 114 valence electrons. The van der Waals surface area contributed by atoms with Crippen molar-refractivity contribution < 1.29 is 17.9 Å². The zero-order valence-electron chi connectivity index (χ0n) is 12.0. The lowest BCUT2D eigenvalue weighted by Gasteiger charge is -2.43. The third-order valence-corrected chi connectivity index (χ3v) is 3.98. The number of nitrogens with zero attached hydrogens (tertiary/aromatic N) is 1. The van der Waals surface area contributed by atoms with Gasteiger partial charge in [0.25, 0.3) is 0 Å². The molecule has 0 bridgehead atoms. The third-order valence-electron chi connectivity index (χ3n) is 3.98. The zero-order valence-corrected chi connectivity index (χ0v) is 12.0. The van der Waals surface area contributed by atoms with Crippen LogP contribution in [0.5, 0.6) is 0 Å². The second kappa shape index (κ2) is 7.45. The Balaban J connectivity index is 2.51. The highest BCUT2D eigenvalue weighted by Crippen LogP contribution is 2.20. The van der Waals surface area contributed by atoms with Crippen LogP contribution >= 0.6 is 0 Å². The van der Waals surface area contributed by atoms with E-state index in [1.54, 1.807) is 0 Å². The first kappa shape index (κ1) is 16.7. The average molecular weight is 282 g/mol. The quantitative estimate of drug-likeness (QED) is 0.810. The Morgan fingerprint density at radius 1 is 1.37 bits per heavy atom. The van der Waals surface area contributed by atoms with Gasteiger partial charge in [0.05, 0.1) is 6.61 Å². The number of ether oxygens (including phenoxy) is 1. The van der Waals surface area contributed by atoms with Crippen LogP contribution in [0.4, 0.5) is 13.2 Å². The molecule has 19 heavy (non-hydrogen) atoms. The molecule has 1 rings (SSSR count). The molecule has 1 aliphatic heterocycles. The summed E-state index contributed by atoms with van der Waals surface area (Å²) in [7, 11) is 0. The third kappa shape index (κ3) is 5.67. The molecule has 1 N–H and O–H groups in total. The Morgan fingerprint density at radius 3 is 2.58 bits per heavy atom. The number of hydrogen-bond donors (Lipinski definition) is 1. The second-order valence-electron chi connectivity index (χ2n) is 5.26. The van der Waals surface area contributed by atoms with E-state index < -0.39 is 6.36 Å². The van der Waals surface area contributed by atoms with Crippen molar-refractivity contribution in [3.63, 3.8) is 0 Å². The molecule has 6 heteroatoms. The lowest BCUT2D eigenvalue weighted by Crippen LogP contribution is -2.59. The molecule has 3 unspecified atom stereocenters. The molecular formula is C13H25F3N2O. The number of alkyl halides is 3. The fourth-order valence-corrected chi connectivity index (χ4v) is 2.54. The normalized spacial score (nSPS) is 27.5. The second-order valence-corrected chi connectivity index (χ2v) is 5.26. The summed E-state index contributed by atoms with van der Waals surface area (Å²) in [5.74, 6) is 0.469. The van der Waals surface area contributed by atoms with Crippen molar-refractivity contribution in [1.29, 1.82) is 0 Å². The maximum Gasteiger partial charge on any atom is 0.522 e. The summed E-state index contributed by atoms with van der Waals surface area (Å²) < 4.78 is 40.0. The summed E-state index contributed by atoms with van der Waals surface area (Å²) in [6.45, 7) is 8.05. The van der Waals surface area contributed by atoms with Gasteiger partial charge in [-0.3, -0.25) is 9.64 Å². The average Bonchev–Trinajstić information content (AvgIpc) is 2.36. The molecule has 0 aromatic carbocycles. The van der Waals surface area contributed by atoms with Gasteiger partial charge in [0.15, 0.2) is 0 Å². The Kier molecular flexibility index (Phi) is 6.56. The minimum absolute atomic E-state index is 0.285. The van der Waals surface area contributed by atoms with E-state index in [-0.39, 0.29) is 6.61 Å². The number of nitrogens with one attached hydrogen (secondary N) is 1. The fraction of sp³-hybridized carbons (Fsp3) is 1.00. The molecular weight excluding hydrogens is 257 g/mol. The first-order chi connectivity index (χ1) is 8.87. The van der Waals surface area contributed by atoms with E-state index in [1.165, 1.54) is 0 Å². The highest BCUT2D eigenvalue weighted by atomic mass is 19.4. The van der Waals surface area contributed by atoms with Crippen LogP contribution in [0, 0.1) is 5.92 Å². The van der Waals surface area contributed by atoms with Crippen molar-refractivity contribution in [1.82, 2.24) is 10.2 Å². The monoisotopic (exact) mass is 282 g/mol. The van der Waals surface area contributed by atoms with Gasteiger partial charge in [0, 0.05) is 31.7 Å². The largest absolute Gasteiger partial charge is 0.522 e. The minimum Gasteiger partial charge on any atom is -0.311 e. The first-order valence-electron chi connectivity index (χ1n) is 7.05. The van der Waals surface area contributed by atoms with Crippen LogP contribution in [0.3, 0.4) is 0 Å². The van der Waals surface area contributed by atoms with Crippen molar-refractivity contribution in [3.05, 3.63) is 0 Å². The van der Waals surface area contributed by atoms with E-state index in [4.69, 9.17) is 0 Å². The SMILES string of the molecule is CCC1CN(CCOC(F)(F)F)C(C(C)CC)CN1. The van der Waals surface area contributed by atoms with Crippen LogP contribution in [0.1, 0.15) is 33.6 Å². The van der Waals surface area contributed by atoms with Crippen LogP contribution in [-0.2, 0) is 4.74 Å². The van der Waals surface area contributed by atoms with E-state index in [2.05, 4.69) is 35.7 Å². The van der Waals surface area contributed by atoms with Gasteiger partial charge in [0.2, 0.25) is 0 Å². The molecule has 0 spiro atoms. The Morgan fingerprint density at radius 2 is 2.05 bits per heavy atom. The lowest BCUT2D eigenvalue weighted by atomic mass is 9.94. The van der Waals surface area contributed by atoms with Gasteiger partial charge in [-0.2, -0.15) is 0 Å². The summed E-state index contributed by atoms with van der Waals surface area (Å²) in [4.78, 5) is 2.14. The molecule has 1 fully saturated rings. The molecule has 0 aliphatic carbocycles. The number of piperazine rings is 1. The van der Waals surface area contributed by atoms with Crippen LogP contribution in [-0.4, -0.2) is 49.6 Å². The zero-order chi connectivity index (χ0) is 14.5. The van der Waals surface area contributed by atoms with E-state index in [9.17, 15) is 13.2 Å². The van der Waals surface area contributed by atoms with Gasteiger partial charge in [-0.05, 0) is 12.3 Å². The fourth-order valence-electron chi connectivity index (χ4n) is 2.54. The van der Waals surface area contributed by atoms with Crippen LogP contribution in [0.2, 0.25) is 0 Å². The summed E-state index contributed by atoms with van der Waals surface area (Å²) in [5.41, 5.74) is 0. The predicted molar refractivity (Wildman–Crippen MR) is 68.9 cm³/mol. The lowest BCUT2D eigenvalue weighted by molar-refractivity contribution is -0.325. The molecule has 1 saturated heterocycles. The molecule has 3 atom stereocenters. The van der Waals surface area contributed by atoms with Gasteiger partial charge >= 0.3 is 6.36 Å². The topological polar surface area (TPSA) is 24.5 Å². The van der Waals surface area contributed by atoms with Crippen molar-refractivity contribution in [2.24, 2.45) is 5.92 Å². The van der Waals surface area contributed by atoms with Gasteiger partial charge in [-0.1, -0.05) is 27.2 Å². The number of rotatable bonds is 6. The van der Waals surface area contributed by atoms with Crippen molar-refractivity contribution >= 4 is 0 Å². The maximum absolute atomic E-state index is 12.0. The van der Waals surface area contributed by atoms with Crippen LogP contribution in [0.25, 0.3) is 0 Å². The van der Waals surface area contributed by atoms with Crippen molar-refractivity contribution in [2.45, 2.75) is 52.1 Å². The summed E-state index contributed by atoms with van der Waals surface area (Å²) in [6, 6.07) is 0.663. The highest BCUT2D eigenvalue weighted by Gasteiger charge is 2.32.